The van der Waals surface area contributed by atoms with Gasteiger partial charge in [-0.25, -0.2) is 22.8 Å². The van der Waals surface area contributed by atoms with Crippen LogP contribution in [0.5, 0.6) is 0 Å². The molecule has 0 unspecified atom stereocenters. The number of halogens is 1. The zero-order chi connectivity index (χ0) is 19.3. The maximum absolute atomic E-state index is 13.9. The summed E-state index contributed by atoms with van der Waals surface area (Å²) in [5.41, 5.74) is 1.54. The van der Waals surface area contributed by atoms with Gasteiger partial charge < -0.3 is 4.90 Å². The fourth-order valence-electron chi connectivity index (χ4n) is 3.32. The first-order valence-electron chi connectivity index (χ1n) is 8.48. The fourth-order valence-corrected chi connectivity index (χ4v) is 6.02. The third kappa shape index (κ3) is 2.99. The van der Waals surface area contributed by atoms with E-state index < -0.39 is 15.8 Å². The fraction of sp³-hybridized carbons (Fsp3) is 0.333. The molecule has 0 amide bonds. The highest BCUT2D eigenvalue weighted by atomic mass is 32.2. The summed E-state index contributed by atoms with van der Waals surface area (Å²) in [6, 6.07) is 4.06. The van der Waals surface area contributed by atoms with Gasteiger partial charge in [-0.05, 0) is 36.6 Å². The number of fused-ring (bicyclic) bond motifs is 3. The highest BCUT2D eigenvalue weighted by Crippen LogP contribution is 2.39. The molecule has 0 aliphatic carbocycles. The van der Waals surface area contributed by atoms with Crippen LogP contribution in [0.1, 0.15) is 16.0 Å². The van der Waals surface area contributed by atoms with Crippen LogP contribution in [0.15, 0.2) is 29.4 Å². The molecule has 3 heterocycles. The molecule has 0 spiro atoms. The second kappa shape index (κ2) is 6.50. The number of hydrogen-bond acceptors (Lipinski definition) is 6. The van der Waals surface area contributed by atoms with Crippen molar-refractivity contribution in [1.82, 2.24) is 14.3 Å². The van der Waals surface area contributed by atoms with Crippen molar-refractivity contribution in [2.45, 2.75) is 24.8 Å². The lowest BCUT2D eigenvalue weighted by molar-refractivity contribution is 0.396. The standard InChI is InChI=1S/C18H19FN4O2S2/c1-11-4-5-12(8-14(11)19)27(24,25)23-7-6-13-15(9-23)26-18-16(13)17(22(2)3)20-10-21-18/h4-5,8,10H,6-7,9H2,1-3H3. The topological polar surface area (TPSA) is 66.4 Å². The summed E-state index contributed by atoms with van der Waals surface area (Å²) < 4.78 is 41.2. The normalized spacial score (nSPS) is 15.1. The van der Waals surface area contributed by atoms with Crippen LogP contribution >= 0.6 is 11.3 Å². The van der Waals surface area contributed by atoms with Crippen molar-refractivity contribution in [3.05, 3.63) is 46.3 Å². The van der Waals surface area contributed by atoms with Crippen molar-refractivity contribution in [3.8, 4) is 0 Å². The molecular formula is C18H19FN4O2S2. The quantitative estimate of drug-likeness (QED) is 0.669. The number of nitrogens with zero attached hydrogens (tertiary/aromatic N) is 4. The first-order valence-corrected chi connectivity index (χ1v) is 10.7. The zero-order valence-electron chi connectivity index (χ0n) is 15.2. The minimum Gasteiger partial charge on any atom is -0.362 e. The predicted molar refractivity (Wildman–Crippen MR) is 104 cm³/mol. The number of hydrogen-bond donors (Lipinski definition) is 0. The summed E-state index contributed by atoms with van der Waals surface area (Å²) in [6.07, 6.45) is 2.11. The van der Waals surface area contributed by atoms with Crippen LogP contribution in [0.4, 0.5) is 10.2 Å². The minimum atomic E-state index is -3.75. The third-order valence-corrected chi connectivity index (χ3v) is 7.75. The van der Waals surface area contributed by atoms with Gasteiger partial charge in [0, 0.05) is 32.1 Å². The largest absolute Gasteiger partial charge is 0.362 e. The van der Waals surface area contributed by atoms with Crippen LogP contribution in [-0.4, -0.2) is 43.3 Å². The summed E-state index contributed by atoms with van der Waals surface area (Å²) in [5, 5.41) is 1.00. The second-order valence-corrected chi connectivity index (χ2v) is 9.80. The molecule has 1 aromatic carbocycles. The van der Waals surface area contributed by atoms with Crippen LogP contribution in [-0.2, 0) is 23.0 Å². The van der Waals surface area contributed by atoms with E-state index in [9.17, 15) is 12.8 Å². The van der Waals surface area contributed by atoms with E-state index in [-0.39, 0.29) is 11.4 Å². The number of aromatic nitrogens is 2. The van der Waals surface area contributed by atoms with E-state index in [1.807, 2.05) is 19.0 Å². The first kappa shape index (κ1) is 18.3. The Labute approximate surface area is 161 Å². The number of aryl methyl sites for hydroxylation is 1. The maximum atomic E-state index is 13.9. The molecule has 0 saturated carbocycles. The summed E-state index contributed by atoms with van der Waals surface area (Å²) in [5.74, 6) is 0.330. The Morgan fingerprint density at radius 3 is 2.74 bits per heavy atom. The Morgan fingerprint density at radius 2 is 2.04 bits per heavy atom. The van der Waals surface area contributed by atoms with Crippen molar-refractivity contribution in [2.24, 2.45) is 0 Å². The Balaban J connectivity index is 1.74. The molecule has 27 heavy (non-hydrogen) atoms. The van der Waals surface area contributed by atoms with Crippen LogP contribution in [0.2, 0.25) is 0 Å². The summed E-state index contributed by atoms with van der Waals surface area (Å²) in [7, 11) is 0.102. The summed E-state index contributed by atoms with van der Waals surface area (Å²) in [4.78, 5) is 12.5. The number of sulfonamides is 1. The number of rotatable bonds is 3. The average molecular weight is 407 g/mol. The molecule has 0 radical (unpaired) electrons. The van der Waals surface area contributed by atoms with Gasteiger partial charge in [0.05, 0.1) is 10.3 Å². The summed E-state index contributed by atoms with van der Waals surface area (Å²) >= 11 is 1.49. The van der Waals surface area contributed by atoms with Crippen LogP contribution in [0.25, 0.3) is 10.2 Å². The van der Waals surface area contributed by atoms with Gasteiger partial charge in [0.1, 0.15) is 22.8 Å². The molecule has 142 valence electrons. The molecule has 1 aliphatic heterocycles. The highest BCUT2D eigenvalue weighted by Gasteiger charge is 2.32. The van der Waals surface area contributed by atoms with Gasteiger partial charge in [0.2, 0.25) is 10.0 Å². The molecule has 0 atom stereocenters. The Morgan fingerprint density at radius 1 is 1.26 bits per heavy atom. The van der Waals surface area contributed by atoms with E-state index >= 15 is 0 Å². The number of benzene rings is 1. The molecule has 0 fully saturated rings. The van der Waals surface area contributed by atoms with E-state index in [0.717, 1.165) is 32.5 Å². The molecule has 9 heteroatoms. The number of thiophene rings is 1. The molecule has 1 aliphatic rings. The van der Waals surface area contributed by atoms with E-state index in [4.69, 9.17) is 0 Å². The molecule has 0 bridgehead atoms. The van der Waals surface area contributed by atoms with Gasteiger partial charge in [0.15, 0.2) is 0 Å². The molecule has 2 aromatic heterocycles. The van der Waals surface area contributed by atoms with Gasteiger partial charge in [-0.1, -0.05) is 6.07 Å². The Kier molecular flexibility index (Phi) is 4.40. The molecule has 0 N–H and O–H groups in total. The van der Waals surface area contributed by atoms with Gasteiger partial charge in [-0.15, -0.1) is 11.3 Å². The molecular weight excluding hydrogens is 387 g/mol. The molecule has 0 saturated heterocycles. The van der Waals surface area contributed by atoms with Crippen LogP contribution in [0, 0.1) is 12.7 Å². The number of anilines is 1. The lowest BCUT2D eigenvalue weighted by Crippen LogP contribution is -2.35. The monoisotopic (exact) mass is 406 g/mol. The maximum Gasteiger partial charge on any atom is 0.243 e. The van der Waals surface area contributed by atoms with E-state index in [1.165, 1.54) is 34.1 Å². The molecule has 6 nitrogen and oxygen atoms in total. The first-order chi connectivity index (χ1) is 12.8. The summed E-state index contributed by atoms with van der Waals surface area (Å²) in [6.45, 7) is 2.22. The van der Waals surface area contributed by atoms with E-state index in [2.05, 4.69) is 9.97 Å². The minimum absolute atomic E-state index is 0.0102. The molecule has 3 aromatic rings. The van der Waals surface area contributed by atoms with Crippen LogP contribution in [0.3, 0.4) is 0 Å². The lowest BCUT2D eigenvalue weighted by Gasteiger charge is -2.26. The second-order valence-electron chi connectivity index (χ2n) is 6.78. The highest BCUT2D eigenvalue weighted by molar-refractivity contribution is 7.89. The van der Waals surface area contributed by atoms with Crippen LogP contribution < -0.4 is 4.90 Å². The van der Waals surface area contributed by atoms with Gasteiger partial charge in [-0.2, -0.15) is 4.31 Å². The van der Waals surface area contributed by atoms with Crippen molar-refractivity contribution in [1.29, 1.82) is 0 Å². The van der Waals surface area contributed by atoms with E-state index in [1.54, 1.807) is 6.92 Å². The van der Waals surface area contributed by atoms with Crippen molar-refractivity contribution < 1.29 is 12.8 Å². The smallest absolute Gasteiger partial charge is 0.243 e. The van der Waals surface area contributed by atoms with Crippen molar-refractivity contribution >= 4 is 37.4 Å². The Bertz CT molecular complexity index is 1140. The van der Waals surface area contributed by atoms with Gasteiger partial charge in [0.25, 0.3) is 0 Å². The van der Waals surface area contributed by atoms with Gasteiger partial charge >= 0.3 is 0 Å². The van der Waals surface area contributed by atoms with Crippen molar-refractivity contribution in [3.63, 3.8) is 0 Å². The lowest BCUT2D eigenvalue weighted by atomic mass is 10.1. The SMILES string of the molecule is Cc1ccc(S(=O)(=O)N2CCc3c(sc4ncnc(N(C)C)c34)C2)cc1F. The van der Waals surface area contributed by atoms with Crippen molar-refractivity contribution in [2.75, 3.05) is 25.5 Å². The average Bonchev–Trinajstić information content (AvgIpc) is 3.01. The molecule has 4 rings (SSSR count). The predicted octanol–water partition coefficient (Wildman–Crippen LogP) is 2.95. The third-order valence-electron chi connectivity index (χ3n) is 4.79. The zero-order valence-corrected chi connectivity index (χ0v) is 16.9. The van der Waals surface area contributed by atoms with E-state index in [0.29, 0.717) is 18.5 Å². The van der Waals surface area contributed by atoms with Gasteiger partial charge in [-0.3, -0.25) is 0 Å². The Hall–Kier alpha value is -2.10.